The third-order valence-electron chi connectivity index (χ3n) is 3.54. The summed E-state index contributed by atoms with van der Waals surface area (Å²) in [6, 6.07) is 5.79. The van der Waals surface area contributed by atoms with E-state index in [1.165, 1.54) is 0 Å². The van der Waals surface area contributed by atoms with E-state index in [-0.39, 0.29) is 5.91 Å². The van der Waals surface area contributed by atoms with Gasteiger partial charge < -0.3 is 15.1 Å². The number of nitrogens with two attached hydrogens (primary N) is 1. The molecule has 19 heavy (non-hydrogen) atoms. The van der Waals surface area contributed by atoms with Crippen molar-refractivity contribution in [2.45, 2.75) is 31.8 Å². The largest absolute Gasteiger partial charge is 0.441 e. The van der Waals surface area contributed by atoms with Gasteiger partial charge in [-0.1, -0.05) is 6.07 Å². The van der Waals surface area contributed by atoms with Crippen LogP contribution in [0.5, 0.6) is 0 Å². The molecule has 1 aliphatic carbocycles. The minimum absolute atomic E-state index is 0.0175. The van der Waals surface area contributed by atoms with Gasteiger partial charge in [-0.25, -0.2) is 4.98 Å². The highest BCUT2D eigenvalue weighted by Gasteiger charge is 2.47. The van der Waals surface area contributed by atoms with Crippen molar-refractivity contribution in [1.82, 2.24) is 9.88 Å². The first-order chi connectivity index (χ1) is 8.98. The van der Waals surface area contributed by atoms with Gasteiger partial charge in [-0.3, -0.25) is 4.79 Å². The summed E-state index contributed by atoms with van der Waals surface area (Å²) < 4.78 is 5.43. The van der Waals surface area contributed by atoms with E-state index in [4.69, 9.17) is 10.2 Å². The van der Waals surface area contributed by atoms with Gasteiger partial charge in [-0.2, -0.15) is 0 Å². The van der Waals surface area contributed by atoms with Crippen molar-refractivity contribution in [3.8, 4) is 0 Å². The topological polar surface area (TPSA) is 72.4 Å². The van der Waals surface area contributed by atoms with E-state index >= 15 is 0 Å². The minimum Gasteiger partial charge on any atom is -0.441 e. The number of benzene rings is 1. The summed E-state index contributed by atoms with van der Waals surface area (Å²) in [5.74, 6) is 0.666. The van der Waals surface area contributed by atoms with Crippen LogP contribution in [0, 0.1) is 6.92 Å². The van der Waals surface area contributed by atoms with Crippen LogP contribution in [0.25, 0.3) is 11.1 Å². The van der Waals surface area contributed by atoms with Gasteiger partial charge in [-0.15, -0.1) is 0 Å². The standard InChI is InChI=1S/C14H17N3O2/c1-9-16-11-7-10(3-4-12(11)19-9)8-17(2)13(18)14(15)5-6-14/h3-4,7H,5-6,8,15H2,1-2H3. The molecule has 1 aromatic carbocycles. The Morgan fingerprint density at radius 1 is 1.53 bits per heavy atom. The van der Waals surface area contributed by atoms with Crippen LogP contribution in [0.3, 0.4) is 0 Å². The highest BCUT2D eigenvalue weighted by molar-refractivity contribution is 5.88. The number of hydrogen-bond acceptors (Lipinski definition) is 4. The van der Waals surface area contributed by atoms with Crippen molar-refractivity contribution in [3.05, 3.63) is 29.7 Å². The quantitative estimate of drug-likeness (QED) is 0.908. The smallest absolute Gasteiger partial charge is 0.242 e. The molecule has 5 nitrogen and oxygen atoms in total. The van der Waals surface area contributed by atoms with Crippen LogP contribution < -0.4 is 5.73 Å². The third-order valence-corrected chi connectivity index (χ3v) is 3.54. The number of amides is 1. The minimum atomic E-state index is -0.608. The summed E-state index contributed by atoms with van der Waals surface area (Å²) in [7, 11) is 1.79. The Hall–Kier alpha value is -1.88. The zero-order valence-electron chi connectivity index (χ0n) is 11.1. The SMILES string of the molecule is Cc1nc2cc(CN(C)C(=O)C3(N)CC3)ccc2o1. The van der Waals surface area contributed by atoms with Gasteiger partial charge in [0.05, 0.1) is 5.54 Å². The van der Waals surface area contributed by atoms with Gasteiger partial charge >= 0.3 is 0 Å². The Bertz CT molecular complexity index is 643. The van der Waals surface area contributed by atoms with Crippen LogP contribution in [0.2, 0.25) is 0 Å². The first-order valence-corrected chi connectivity index (χ1v) is 6.38. The third kappa shape index (κ3) is 2.21. The van der Waals surface area contributed by atoms with Gasteiger partial charge in [0.25, 0.3) is 0 Å². The van der Waals surface area contributed by atoms with Gasteiger partial charge in [0, 0.05) is 20.5 Å². The first-order valence-electron chi connectivity index (χ1n) is 6.38. The molecule has 1 saturated carbocycles. The van der Waals surface area contributed by atoms with Crippen LogP contribution in [0.1, 0.15) is 24.3 Å². The number of fused-ring (bicyclic) bond motifs is 1. The molecule has 1 aliphatic rings. The fraction of sp³-hybridized carbons (Fsp3) is 0.429. The second-order valence-electron chi connectivity index (χ2n) is 5.35. The summed E-state index contributed by atoms with van der Waals surface area (Å²) in [4.78, 5) is 18.0. The predicted molar refractivity (Wildman–Crippen MR) is 71.4 cm³/mol. The van der Waals surface area contributed by atoms with E-state index in [9.17, 15) is 4.79 Å². The maximum absolute atomic E-state index is 12.1. The average Bonchev–Trinajstić information content (AvgIpc) is 2.99. The van der Waals surface area contributed by atoms with Gasteiger partial charge in [-0.05, 0) is 30.5 Å². The lowest BCUT2D eigenvalue weighted by Crippen LogP contribution is -2.43. The van der Waals surface area contributed by atoms with E-state index in [1.807, 2.05) is 25.1 Å². The Balaban J connectivity index is 1.79. The Kier molecular flexibility index (Phi) is 2.60. The van der Waals surface area contributed by atoms with Crippen molar-refractivity contribution >= 4 is 17.0 Å². The number of hydrogen-bond donors (Lipinski definition) is 1. The normalized spacial score (nSPS) is 16.6. The van der Waals surface area contributed by atoms with Crippen LogP contribution in [-0.2, 0) is 11.3 Å². The molecule has 2 aromatic rings. The van der Waals surface area contributed by atoms with Crippen molar-refractivity contribution in [1.29, 1.82) is 0 Å². The molecule has 1 amide bonds. The maximum atomic E-state index is 12.1. The second-order valence-corrected chi connectivity index (χ2v) is 5.35. The van der Waals surface area contributed by atoms with E-state index < -0.39 is 5.54 Å². The number of likely N-dealkylation sites (N-methyl/N-ethyl adjacent to an activating group) is 1. The van der Waals surface area contributed by atoms with E-state index in [0.717, 1.165) is 29.5 Å². The molecule has 1 fully saturated rings. The number of rotatable bonds is 3. The summed E-state index contributed by atoms with van der Waals surface area (Å²) in [5.41, 5.74) is 7.94. The van der Waals surface area contributed by atoms with Gasteiger partial charge in [0.1, 0.15) is 5.52 Å². The number of carbonyl (C=O) groups excluding carboxylic acids is 1. The first kappa shape index (κ1) is 12.2. The number of aromatic nitrogens is 1. The van der Waals surface area contributed by atoms with Crippen molar-refractivity contribution in [2.24, 2.45) is 5.73 Å². The van der Waals surface area contributed by atoms with E-state index in [0.29, 0.717) is 12.4 Å². The van der Waals surface area contributed by atoms with Gasteiger partial charge in [0.2, 0.25) is 5.91 Å². The summed E-state index contributed by atoms with van der Waals surface area (Å²) in [6.45, 7) is 2.36. The fourth-order valence-corrected chi connectivity index (χ4v) is 2.26. The number of carbonyl (C=O) groups is 1. The van der Waals surface area contributed by atoms with Crippen molar-refractivity contribution < 1.29 is 9.21 Å². The molecule has 2 N–H and O–H groups in total. The fourth-order valence-electron chi connectivity index (χ4n) is 2.26. The molecule has 0 saturated heterocycles. The molecule has 0 radical (unpaired) electrons. The summed E-state index contributed by atoms with van der Waals surface area (Å²) in [5, 5.41) is 0. The molecular weight excluding hydrogens is 242 g/mol. The predicted octanol–water partition coefficient (Wildman–Crippen LogP) is 1.59. The van der Waals surface area contributed by atoms with Crippen LogP contribution in [0.15, 0.2) is 22.6 Å². The summed E-state index contributed by atoms with van der Waals surface area (Å²) >= 11 is 0. The van der Waals surface area contributed by atoms with Crippen molar-refractivity contribution in [2.75, 3.05) is 7.05 Å². The second kappa shape index (κ2) is 4.06. The van der Waals surface area contributed by atoms with E-state index in [1.54, 1.807) is 11.9 Å². The number of aryl methyl sites for hydroxylation is 1. The van der Waals surface area contributed by atoms with E-state index in [2.05, 4.69) is 4.98 Å². The molecule has 1 aromatic heterocycles. The molecule has 5 heteroatoms. The molecule has 3 rings (SSSR count). The average molecular weight is 259 g/mol. The highest BCUT2D eigenvalue weighted by atomic mass is 16.3. The molecule has 1 heterocycles. The molecule has 0 aliphatic heterocycles. The Morgan fingerprint density at radius 3 is 2.95 bits per heavy atom. The lowest BCUT2D eigenvalue weighted by Gasteiger charge is -2.20. The Labute approximate surface area is 111 Å². The van der Waals surface area contributed by atoms with Crippen LogP contribution >= 0.6 is 0 Å². The highest BCUT2D eigenvalue weighted by Crippen LogP contribution is 2.34. The lowest BCUT2D eigenvalue weighted by molar-refractivity contribution is -0.132. The van der Waals surface area contributed by atoms with Crippen LogP contribution in [0.4, 0.5) is 0 Å². The number of oxazole rings is 1. The summed E-state index contributed by atoms with van der Waals surface area (Å²) in [6.07, 6.45) is 1.58. The monoisotopic (exact) mass is 259 g/mol. The Morgan fingerprint density at radius 2 is 2.26 bits per heavy atom. The number of nitrogens with zero attached hydrogens (tertiary/aromatic N) is 2. The molecular formula is C14H17N3O2. The molecule has 100 valence electrons. The van der Waals surface area contributed by atoms with Crippen LogP contribution in [-0.4, -0.2) is 28.4 Å². The molecule has 0 atom stereocenters. The maximum Gasteiger partial charge on any atom is 0.242 e. The molecule has 0 unspecified atom stereocenters. The zero-order valence-corrected chi connectivity index (χ0v) is 11.1. The van der Waals surface area contributed by atoms with Crippen molar-refractivity contribution in [3.63, 3.8) is 0 Å². The zero-order chi connectivity index (χ0) is 13.6. The van der Waals surface area contributed by atoms with Gasteiger partial charge in [0.15, 0.2) is 11.5 Å². The lowest BCUT2D eigenvalue weighted by atomic mass is 10.1. The molecule has 0 bridgehead atoms. The molecule has 0 spiro atoms.